The molecule has 1 aromatic heterocycles. The Hall–Kier alpha value is -2.08. The zero-order valence-corrected chi connectivity index (χ0v) is 13.1. The molecule has 0 amide bonds. The molecule has 2 heterocycles. The van der Waals surface area contributed by atoms with Gasteiger partial charge in [-0.2, -0.15) is 4.98 Å². The van der Waals surface area contributed by atoms with Gasteiger partial charge in [0.2, 0.25) is 6.39 Å². The fourth-order valence-electron chi connectivity index (χ4n) is 2.99. The lowest BCUT2D eigenvalue weighted by atomic mass is 10.0. The first-order valence-corrected chi connectivity index (χ1v) is 7.61. The number of nitrogens with zero attached hydrogens (tertiary/aromatic N) is 4. The fourth-order valence-corrected chi connectivity index (χ4v) is 2.99. The Bertz CT molecular complexity index is 580. The summed E-state index contributed by atoms with van der Waals surface area (Å²) in [5.41, 5.74) is 1.23. The van der Waals surface area contributed by atoms with Crippen molar-refractivity contribution in [3.63, 3.8) is 0 Å². The average molecular weight is 302 g/mol. The van der Waals surface area contributed by atoms with Gasteiger partial charge >= 0.3 is 0 Å². The van der Waals surface area contributed by atoms with E-state index in [0.29, 0.717) is 6.04 Å². The van der Waals surface area contributed by atoms with Gasteiger partial charge in [0.25, 0.3) is 0 Å². The van der Waals surface area contributed by atoms with Crippen molar-refractivity contribution in [2.75, 3.05) is 32.1 Å². The quantitative estimate of drug-likeness (QED) is 0.844. The van der Waals surface area contributed by atoms with E-state index in [-0.39, 0.29) is 0 Å². The van der Waals surface area contributed by atoms with Crippen molar-refractivity contribution < 1.29 is 9.26 Å². The van der Waals surface area contributed by atoms with Crippen molar-refractivity contribution in [3.05, 3.63) is 36.5 Å². The zero-order valence-electron chi connectivity index (χ0n) is 13.1. The molecule has 0 bridgehead atoms. The molecule has 118 valence electrons. The number of benzene rings is 1. The molecule has 1 aliphatic heterocycles. The molecule has 1 saturated heterocycles. The third kappa shape index (κ3) is 3.39. The maximum Gasteiger partial charge on any atom is 0.213 e. The van der Waals surface area contributed by atoms with Gasteiger partial charge in [-0.3, -0.25) is 4.90 Å². The van der Waals surface area contributed by atoms with Gasteiger partial charge in [-0.25, -0.2) is 0 Å². The number of piperidine rings is 1. The number of anilines is 1. The van der Waals surface area contributed by atoms with Crippen LogP contribution in [0.3, 0.4) is 0 Å². The first-order chi connectivity index (χ1) is 10.8. The van der Waals surface area contributed by atoms with Crippen LogP contribution >= 0.6 is 0 Å². The smallest absolute Gasteiger partial charge is 0.213 e. The topological polar surface area (TPSA) is 54.6 Å². The summed E-state index contributed by atoms with van der Waals surface area (Å²) >= 11 is 0. The van der Waals surface area contributed by atoms with Crippen molar-refractivity contribution in [2.45, 2.75) is 25.4 Å². The molecule has 22 heavy (non-hydrogen) atoms. The molecular formula is C16H22N4O2. The van der Waals surface area contributed by atoms with E-state index in [1.165, 1.54) is 12.1 Å². The van der Waals surface area contributed by atoms with Gasteiger partial charge in [0, 0.05) is 30.9 Å². The van der Waals surface area contributed by atoms with Gasteiger partial charge in [0.1, 0.15) is 5.75 Å². The molecule has 0 spiro atoms. The van der Waals surface area contributed by atoms with E-state index in [4.69, 9.17) is 9.26 Å². The summed E-state index contributed by atoms with van der Waals surface area (Å²) in [6, 6.07) is 8.83. The molecule has 1 aromatic carbocycles. The Balaban J connectivity index is 1.55. The number of aromatic nitrogens is 2. The number of hydrogen-bond donors (Lipinski definition) is 0. The molecule has 0 radical (unpaired) electrons. The van der Waals surface area contributed by atoms with E-state index in [2.05, 4.69) is 39.1 Å². The summed E-state index contributed by atoms with van der Waals surface area (Å²) in [4.78, 5) is 8.82. The lowest BCUT2D eigenvalue weighted by molar-refractivity contribution is 0.194. The zero-order chi connectivity index (χ0) is 15.4. The van der Waals surface area contributed by atoms with E-state index < -0.39 is 0 Å². The van der Waals surface area contributed by atoms with E-state index in [1.54, 1.807) is 7.11 Å². The van der Waals surface area contributed by atoms with Crippen molar-refractivity contribution in [1.29, 1.82) is 0 Å². The highest BCUT2D eigenvalue weighted by molar-refractivity contribution is 5.51. The summed E-state index contributed by atoms with van der Waals surface area (Å²) in [5, 5.41) is 3.88. The number of ether oxygens (including phenoxy) is 1. The summed E-state index contributed by atoms with van der Waals surface area (Å²) < 4.78 is 10.1. The molecule has 2 aromatic rings. The third-order valence-electron chi connectivity index (χ3n) is 4.30. The Morgan fingerprint density at radius 2 is 2.18 bits per heavy atom. The second kappa shape index (κ2) is 6.79. The molecular weight excluding hydrogens is 280 g/mol. The monoisotopic (exact) mass is 302 g/mol. The Morgan fingerprint density at radius 1 is 1.36 bits per heavy atom. The highest BCUT2D eigenvalue weighted by atomic mass is 16.5. The molecule has 3 rings (SSSR count). The SMILES string of the molecule is COc1cccc(N2CCC(N(C)Cc3ncon3)CC2)c1. The Morgan fingerprint density at radius 3 is 2.86 bits per heavy atom. The summed E-state index contributed by atoms with van der Waals surface area (Å²) in [6.07, 6.45) is 3.64. The molecule has 6 heteroatoms. The van der Waals surface area contributed by atoms with Crippen LogP contribution in [0.1, 0.15) is 18.7 Å². The van der Waals surface area contributed by atoms with Crippen LogP contribution in [0.2, 0.25) is 0 Å². The number of rotatable bonds is 5. The third-order valence-corrected chi connectivity index (χ3v) is 4.30. The van der Waals surface area contributed by atoms with E-state index >= 15 is 0 Å². The molecule has 0 atom stereocenters. The van der Waals surface area contributed by atoms with Crippen LogP contribution in [0.15, 0.2) is 35.2 Å². The largest absolute Gasteiger partial charge is 0.497 e. The number of methoxy groups -OCH3 is 1. The van der Waals surface area contributed by atoms with Crippen LogP contribution < -0.4 is 9.64 Å². The Kier molecular flexibility index (Phi) is 4.58. The van der Waals surface area contributed by atoms with Crippen LogP contribution in [-0.2, 0) is 6.54 Å². The van der Waals surface area contributed by atoms with Gasteiger partial charge < -0.3 is 14.2 Å². The molecule has 0 saturated carbocycles. The molecule has 6 nitrogen and oxygen atoms in total. The maximum atomic E-state index is 5.31. The molecule has 0 aliphatic carbocycles. The van der Waals surface area contributed by atoms with Gasteiger partial charge in [-0.15, -0.1) is 0 Å². The highest BCUT2D eigenvalue weighted by Gasteiger charge is 2.23. The highest BCUT2D eigenvalue weighted by Crippen LogP contribution is 2.25. The second-order valence-electron chi connectivity index (χ2n) is 5.68. The van der Waals surface area contributed by atoms with Crippen LogP contribution in [-0.4, -0.2) is 48.3 Å². The van der Waals surface area contributed by atoms with Gasteiger partial charge in [-0.1, -0.05) is 11.2 Å². The van der Waals surface area contributed by atoms with Crippen LogP contribution in [0.4, 0.5) is 5.69 Å². The van der Waals surface area contributed by atoms with Crippen molar-refractivity contribution in [2.24, 2.45) is 0 Å². The van der Waals surface area contributed by atoms with E-state index in [9.17, 15) is 0 Å². The van der Waals surface area contributed by atoms with Crippen LogP contribution in [0.25, 0.3) is 0 Å². The van der Waals surface area contributed by atoms with E-state index in [1.807, 2.05) is 12.1 Å². The first-order valence-electron chi connectivity index (χ1n) is 7.61. The normalized spacial score (nSPS) is 16.2. The lowest BCUT2D eigenvalue weighted by Crippen LogP contribution is -2.43. The molecule has 1 fully saturated rings. The number of hydrogen-bond acceptors (Lipinski definition) is 6. The fraction of sp³-hybridized carbons (Fsp3) is 0.500. The van der Waals surface area contributed by atoms with Gasteiger partial charge in [0.15, 0.2) is 5.82 Å². The standard InChI is InChI=1S/C16H22N4O2/c1-19(11-16-17-12-22-18-16)13-6-8-20(9-7-13)14-4-3-5-15(10-14)21-2/h3-5,10,12-13H,6-9,11H2,1-2H3. The molecule has 0 unspecified atom stereocenters. The van der Waals surface area contributed by atoms with E-state index in [0.717, 1.165) is 44.0 Å². The minimum atomic E-state index is 0.556. The van der Waals surface area contributed by atoms with Crippen molar-refractivity contribution in [1.82, 2.24) is 15.0 Å². The summed E-state index contributed by atoms with van der Waals surface area (Å²) in [5.74, 6) is 1.66. The van der Waals surface area contributed by atoms with Crippen molar-refractivity contribution in [3.8, 4) is 5.75 Å². The minimum absolute atomic E-state index is 0.556. The average Bonchev–Trinajstić information content (AvgIpc) is 3.08. The summed E-state index contributed by atoms with van der Waals surface area (Å²) in [6.45, 7) is 2.84. The predicted octanol–water partition coefficient (Wildman–Crippen LogP) is 2.18. The minimum Gasteiger partial charge on any atom is -0.497 e. The summed E-state index contributed by atoms with van der Waals surface area (Å²) in [7, 11) is 3.83. The Labute approximate surface area is 130 Å². The molecule has 1 aliphatic rings. The molecule has 0 N–H and O–H groups in total. The van der Waals surface area contributed by atoms with Crippen molar-refractivity contribution >= 4 is 5.69 Å². The van der Waals surface area contributed by atoms with Gasteiger partial charge in [-0.05, 0) is 32.0 Å². The van der Waals surface area contributed by atoms with Crippen LogP contribution in [0, 0.1) is 0 Å². The van der Waals surface area contributed by atoms with Crippen LogP contribution in [0.5, 0.6) is 5.75 Å². The second-order valence-corrected chi connectivity index (χ2v) is 5.68. The lowest BCUT2D eigenvalue weighted by Gasteiger charge is -2.37. The predicted molar refractivity (Wildman–Crippen MR) is 84.0 cm³/mol. The first kappa shape index (κ1) is 14.8. The maximum absolute atomic E-state index is 5.31. The van der Waals surface area contributed by atoms with Gasteiger partial charge in [0.05, 0.1) is 13.7 Å².